The Kier molecular flexibility index (Phi) is 1.69. The van der Waals surface area contributed by atoms with Crippen LogP contribution in [0.1, 0.15) is 39.4 Å². The van der Waals surface area contributed by atoms with Crippen LogP contribution < -0.4 is 0 Å². The van der Waals surface area contributed by atoms with E-state index in [1.165, 1.54) is 12.8 Å². The van der Waals surface area contributed by atoms with Crippen molar-refractivity contribution in [2.75, 3.05) is 0 Å². The normalized spacial score (nSPS) is 19.9. The molecule has 0 atom stereocenters. The van der Waals surface area contributed by atoms with Crippen LogP contribution >= 0.6 is 0 Å². The number of rotatable bonds is 1. The van der Waals surface area contributed by atoms with Gasteiger partial charge >= 0.3 is 0 Å². The molecule has 1 aromatic rings. The first-order valence-corrected chi connectivity index (χ1v) is 4.84. The molecule has 0 aromatic carbocycles. The van der Waals surface area contributed by atoms with Crippen molar-refractivity contribution in [3.63, 3.8) is 0 Å². The van der Waals surface area contributed by atoms with E-state index in [2.05, 4.69) is 30.7 Å². The quantitative estimate of drug-likeness (QED) is 0.657. The molecule has 0 bridgehead atoms. The molecule has 0 spiro atoms. The lowest BCUT2D eigenvalue weighted by molar-refractivity contribution is 0.286. The van der Waals surface area contributed by atoms with Gasteiger partial charge in [0.2, 0.25) is 0 Å². The number of hydrogen-bond donors (Lipinski definition) is 0. The van der Waals surface area contributed by atoms with Gasteiger partial charge in [0, 0.05) is 17.8 Å². The van der Waals surface area contributed by atoms with Crippen molar-refractivity contribution in [3.8, 4) is 0 Å². The minimum absolute atomic E-state index is 0.258. The fourth-order valence-corrected chi connectivity index (χ4v) is 1.98. The molecule has 0 N–H and O–H groups in total. The van der Waals surface area contributed by atoms with E-state index < -0.39 is 0 Å². The summed E-state index contributed by atoms with van der Waals surface area (Å²) >= 11 is 0. The van der Waals surface area contributed by atoms with Crippen molar-refractivity contribution in [1.29, 1.82) is 0 Å². The number of aromatic nitrogens is 2. The fraction of sp³-hybridized carbons (Fsp3) is 0.636. The van der Waals surface area contributed by atoms with E-state index in [0.717, 1.165) is 5.82 Å². The third kappa shape index (κ3) is 1.25. The van der Waals surface area contributed by atoms with E-state index >= 15 is 0 Å². The molecule has 0 radical (unpaired) electrons. The Hall–Kier alpha value is -0.920. The molecule has 0 unspecified atom stereocenters. The molecule has 2 rings (SSSR count). The van der Waals surface area contributed by atoms with Gasteiger partial charge in [-0.25, -0.2) is 9.97 Å². The van der Waals surface area contributed by atoms with Gasteiger partial charge in [-0.15, -0.1) is 0 Å². The van der Waals surface area contributed by atoms with E-state index in [1.54, 1.807) is 0 Å². The summed E-state index contributed by atoms with van der Waals surface area (Å²) in [6.45, 7) is 6.82. The lowest BCUT2D eigenvalue weighted by Gasteiger charge is -2.29. The molecule has 1 fully saturated rings. The molecule has 2 heteroatoms. The van der Waals surface area contributed by atoms with Crippen molar-refractivity contribution in [1.82, 2.24) is 9.97 Å². The summed E-state index contributed by atoms with van der Waals surface area (Å²) in [7, 11) is 0. The van der Waals surface area contributed by atoms with Crippen LogP contribution in [-0.4, -0.2) is 9.97 Å². The summed E-state index contributed by atoms with van der Waals surface area (Å²) in [4.78, 5) is 8.74. The minimum atomic E-state index is 0.258. The Morgan fingerprint density at radius 1 is 1.15 bits per heavy atom. The average Bonchev–Trinajstić information content (AvgIpc) is 2.84. The molecule has 0 saturated heterocycles. The average molecular weight is 176 g/mol. The SMILES string of the molecule is CC(C)(C)C1(c2ncccn2)CC1. The fourth-order valence-electron chi connectivity index (χ4n) is 1.98. The van der Waals surface area contributed by atoms with E-state index in [-0.39, 0.29) is 10.8 Å². The molecule has 1 heterocycles. The number of hydrogen-bond acceptors (Lipinski definition) is 2. The molecular weight excluding hydrogens is 160 g/mol. The molecule has 2 nitrogen and oxygen atoms in total. The van der Waals surface area contributed by atoms with Gasteiger partial charge in [0.1, 0.15) is 5.82 Å². The molecule has 70 valence electrons. The summed E-state index contributed by atoms with van der Waals surface area (Å²) in [5.74, 6) is 1.03. The van der Waals surface area contributed by atoms with Crippen LogP contribution in [0.5, 0.6) is 0 Å². The van der Waals surface area contributed by atoms with Crippen LogP contribution in [0.4, 0.5) is 0 Å². The standard InChI is InChI=1S/C11H16N2/c1-10(2,3)11(5-6-11)9-12-7-4-8-13-9/h4,7-8H,5-6H2,1-3H3. The van der Waals surface area contributed by atoms with Crippen molar-refractivity contribution in [2.45, 2.75) is 39.0 Å². The van der Waals surface area contributed by atoms with E-state index in [4.69, 9.17) is 0 Å². The van der Waals surface area contributed by atoms with E-state index in [9.17, 15) is 0 Å². The topological polar surface area (TPSA) is 25.8 Å². The largest absolute Gasteiger partial charge is 0.241 e. The van der Waals surface area contributed by atoms with Crippen molar-refractivity contribution < 1.29 is 0 Å². The predicted molar refractivity (Wildman–Crippen MR) is 52.4 cm³/mol. The molecule has 1 saturated carbocycles. The summed E-state index contributed by atoms with van der Waals surface area (Å²) in [5.41, 5.74) is 0.544. The summed E-state index contributed by atoms with van der Waals surface area (Å²) in [6.07, 6.45) is 6.16. The van der Waals surface area contributed by atoms with Gasteiger partial charge in [-0.1, -0.05) is 20.8 Å². The third-order valence-corrected chi connectivity index (χ3v) is 3.18. The summed E-state index contributed by atoms with van der Waals surface area (Å²) in [5, 5.41) is 0. The predicted octanol–water partition coefficient (Wildman–Crippen LogP) is 2.55. The molecule has 1 aliphatic rings. The monoisotopic (exact) mass is 176 g/mol. The Morgan fingerprint density at radius 3 is 2.08 bits per heavy atom. The Balaban J connectivity index is 2.37. The van der Waals surface area contributed by atoms with Crippen molar-refractivity contribution in [2.24, 2.45) is 5.41 Å². The highest BCUT2D eigenvalue weighted by Crippen LogP contribution is 2.58. The highest BCUT2D eigenvalue weighted by molar-refractivity contribution is 5.22. The molecule has 13 heavy (non-hydrogen) atoms. The van der Waals surface area contributed by atoms with Gasteiger partial charge in [0.25, 0.3) is 0 Å². The van der Waals surface area contributed by atoms with Gasteiger partial charge in [0.15, 0.2) is 0 Å². The maximum Gasteiger partial charge on any atom is 0.134 e. The zero-order chi connectivity index (χ0) is 9.53. The Morgan fingerprint density at radius 2 is 1.69 bits per heavy atom. The smallest absolute Gasteiger partial charge is 0.134 e. The Labute approximate surface area is 79.4 Å². The molecule has 1 aliphatic carbocycles. The van der Waals surface area contributed by atoms with Gasteiger partial charge in [-0.05, 0) is 24.3 Å². The van der Waals surface area contributed by atoms with E-state index in [1.807, 2.05) is 18.5 Å². The van der Waals surface area contributed by atoms with Gasteiger partial charge in [-0.2, -0.15) is 0 Å². The van der Waals surface area contributed by atoms with Gasteiger partial charge < -0.3 is 0 Å². The van der Waals surface area contributed by atoms with Crippen LogP contribution in [0.2, 0.25) is 0 Å². The zero-order valence-electron chi connectivity index (χ0n) is 8.54. The summed E-state index contributed by atoms with van der Waals surface area (Å²) < 4.78 is 0. The van der Waals surface area contributed by atoms with Crippen molar-refractivity contribution in [3.05, 3.63) is 24.3 Å². The molecule has 0 aliphatic heterocycles. The zero-order valence-corrected chi connectivity index (χ0v) is 8.54. The molecule has 0 amide bonds. The van der Waals surface area contributed by atoms with Crippen molar-refractivity contribution >= 4 is 0 Å². The van der Waals surface area contributed by atoms with Crippen LogP contribution in [0.15, 0.2) is 18.5 Å². The molecular formula is C11H16N2. The van der Waals surface area contributed by atoms with Crippen LogP contribution in [0.3, 0.4) is 0 Å². The van der Waals surface area contributed by atoms with Gasteiger partial charge in [0.05, 0.1) is 0 Å². The Bertz CT molecular complexity index is 294. The lowest BCUT2D eigenvalue weighted by atomic mass is 9.77. The third-order valence-electron chi connectivity index (χ3n) is 3.18. The first kappa shape index (κ1) is 8.67. The van der Waals surface area contributed by atoms with Crippen LogP contribution in [0, 0.1) is 5.41 Å². The highest BCUT2D eigenvalue weighted by Gasteiger charge is 2.55. The number of nitrogens with zero attached hydrogens (tertiary/aromatic N) is 2. The maximum absolute atomic E-state index is 4.37. The highest BCUT2D eigenvalue weighted by atomic mass is 14.9. The second-order valence-corrected chi connectivity index (χ2v) is 4.90. The molecule has 1 aromatic heterocycles. The van der Waals surface area contributed by atoms with E-state index in [0.29, 0.717) is 0 Å². The van der Waals surface area contributed by atoms with Crippen LogP contribution in [0.25, 0.3) is 0 Å². The minimum Gasteiger partial charge on any atom is -0.241 e. The van der Waals surface area contributed by atoms with Crippen LogP contribution in [-0.2, 0) is 5.41 Å². The first-order chi connectivity index (χ1) is 6.06. The maximum atomic E-state index is 4.37. The first-order valence-electron chi connectivity index (χ1n) is 4.84. The second kappa shape index (κ2) is 2.53. The second-order valence-electron chi connectivity index (χ2n) is 4.90. The lowest BCUT2D eigenvalue weighted by Crippen LogP contribution is -2.28. The summed E-state index contributed by atoms with van der Waals surface area (Å²) in [6, 6.07) is 1.88. The van der Waals surface area contributed by atoms with Gasteiger partial charge in [-0.3, -0.25) is 0 Å².